The lowest BCUT2D eigenvalue weighted by Crippen LogP contribution is -2.28. The van der Waals surface area contributed by atoms with E-state index in [4.69, 9.17) is 5.11 Å². The molecule has 2 heterocycles. The maximum Gasteiger partial charge on any atom is 0.254 e. The Bertz CT molecular complexity index is 498. The molecule has 4 heteroatoms. The number of likely N-dealkylation sites (tertiary alicyclic amines) is 1. The molecular formula is C15H19NO2S. The molecule has 1 amide bonds. The summed E-state index contributed by atoms with van der Waals surface area (Å²) in [6.45, 7) is 3.80. The highest BCUT2D eigenvalue weighted by Crippen LogP contribution is 2.24. The summed E-state index contributed by atoms with van der Waals surface area (Å²) in [5.41, 5.74) is 0.726. The minimum Gasteiger partial charge on any atom is -0.384 e. The average molecular weight is 277 g/mol. The van der Waals surface area contributed by atoms with Gasteiger partial charge in [-0.1, -0.05) is 25.2 Å². The second-order valence-electron chi connectivity index (χ2n) is 4.85. The molecule has 0 saturated carbocycles. The van der Waals surface area contributed by atoms with Gasteiger partial charge in [0.1, 0.15) is 6.61 Å². The number of nitrogens with zero attached hydrogens (tertiary/aromatic N) is 1. The Kier molecular flexibility index (Phi) is 5.00. The molecule has 1 unspecified atom stereocenters. The summed E-state index contributed by atoms with van der Waals surface area (Å²) in [5, 5.41) is 10.5. The van der Waals surface area contributed by atoms with Crippen molar-refractivity contribution in [1.29, 1.82) is 0 Å². The number of carbonyl (C=O) groups excluding carboxylic acids is 1. The molecule has 0 aliphatic carbocycles. The van der Waals surface area contributed by atoms with Crippen LogP contribution in [0.15, 0.2) is 11.4 Å². The second kappa shape index (κ2) is 6.74. The summed E-state index contributed by atoms with van der Waals surface area (Å²) >= 11 is 1.46. The van der Waals surface area contributed by atoms with E-state index in [2.05, 4.69) is 18.8 Å². The highest BCUT2D eigenvalue weighted by Gasteiger charge is 2.26. The van der Waals surface area contributed by atoms with Gasteiger partial charge in [-0.25, -0.2) is 0 Å². The Morgan fingerprint density at radius 2 is 2.47 bits per heavy atom. The molecule has 1 aliphatic rings. The zero-order chi connectivity index (χ0) is 13.7. The molecule has 3 nitrogen and oxygen atoms in total. The van der Waals surface area contributed by atoms with E-state index in [-0.39, 0.29) is 12.5 Å². The molecule has 0 spiro atoms. The van der Waals surface area contributed by atoms with Crippen LogP contribution in [0.25, 0.3) is 0 Å². The van der Waals surface area contributed by atoms with Crippen molar-refractivity contribution in [3.63, 3.8) is 0 Å². The summed E-state index contributed by atoms with van der Waals surface area (Å²) in [6.07, 6.45) is 3.52. The van der Waals surface area contributed by atoms with Crippen LogP contribution in [0.4, 0.5) is 0 Å². The molecule has 2 rings (SSSR count). The van der Waals surface area contributed by atoms with Gasteiger partial charge in [-0.05, 0) is 24.8 Å². The van der Waals surface area contributed by atoms with Crippen LogP contribution in [0.3, 0.4) is 0 Å². The minimum absolute atomic E-state index is 0.118. The second-order valence-corrected chi connectivity index (χ2v) is 5.77. The van der Waals surface area contributed by atoms with E-state index in [0.717, 1.165) is 30.0 Å². The van der Waals surface area contributed by atoms with E-state index in [1.165, 1.54) is 24.2 Å². The molecule has 1 atom stereocenters. The lowest BCUT2D eigenvalue weighted by molar-refractivity contribution is 0.0787. The maximum absolute atomic E-state index is 12.3. The van der Waals surface area contributed by atoms with Crippen LogP contribution in [-0.4, -0.2) is 35.6 Å². The Hall–Kier alpha value is -1.31. The van der Waals surface area contributed by atoms with Gasteiger partial charge in [-0.15, -0.1) is 11.3 Å². The molecule has 1 aromatic rings. The molecule has 1 N–H and O–H groups in total. The smallest absolute Gasteiger partial charge is 0.254 e. The number of hydrogen-bond acceptors (Lipinski definition) is 3. The van der Waals surface area contributed by atoms with Gasteiger partial charge < -0.3 is 10.0 Å². The van der Waals surface area contributed by atoms with Crippen LogP contribution in [0.1, 0.15) is 41.4 Å². The third-order valence-electron chi connectivity index (χ3n) is 3.41. The average Bonchev–Trinajstić information content (AvgIpc) is 3.05. The first-order chi connectivity index (χ1) is 9.24. The lowest BCUT2D eigenvalue weighted by Gasteiger charge is -2.15. The van der Waals surface area contributed by atoms with E-state index in [9.17, 15) is 4.79 Å². The Morgan fingerprint density at radius 1 is 1.63 bits per heavy atom. The van der Waals surface area contributed by atoms with E-state index >= 15 is 0 Å². The monoisotopic (exact) mass is 277 g/mol. The van der Waals surface area contributed by atoms with Crippen LogP contribution < -0.4 is 0 Å². The van der Waals surface area contributed by atoms with Gasteiger partial charge in [0.05, 0.1) is 10.4 Å². The fourth-order valence-corrected chi connectivity index (χ4v) is 3.23. The van der Waals surface area contributed by atoms with Gasteiger partial charge in [-0.3, -0.25) is 4.79 Å². The van der Waals surface area contributed by atoms with Crippen molar-refractivity contribution in [2.45, 2.75) is 26.2 Å². The van der Waals surface area contributed by atoms with Crippen LogP contribution in [-0.2, 0) is 0 Å². The molecule has 102 valence electrons. The fraction of sp³-hybridized carbons (Fsp3) is 0.533. The fourth-order valence-electron chi connectivity index (χ4n) is 2.48. The van der Waals surface area contributed by atoms with Crippen molar-refractivity contribution in [2.24, 2.45) is 5.92 Å². The molecule has 1 aliphatic heterocycles. The van der Waals surface area contributed by atoms with Crippen molar-refractivity contribution in [1.82, 2.24) is 4.90 Å². The number of carbonyl (C=O) groups is 1. The van der Waals surface area contributed by atoms with Crippen molar-refractivity contribution in [3.05, 3.63) is 21.9 Å². The summed E-state index contributed by atoms with van der Waals surface area (Å²) in [6, 6.07) is 1.82. The van der Waals surface area contributed by atoms with Crippen molar-refractivity contribution < 1.29 is 9.90 Å². The predicted octanol–water partition coefficient (Wildman–Crippen LogP) is 2.35. The first-order valence-electron chi connectivity index (χ1n) is 6.72. The topological polar surface area (TPSA) is 40.5 Å². The first kappa shape index (κ1) is 14.1. The summed E-state index contributed by atoms with van der Waals surface area (Å²) in [4.78, 5) is 15.1. The van der Waals surface area contributed by atoms with Gasteiger partial charge in [0.25, 0.3) is 5.91 Å². The normalized spacial score (nSPS) is 18.2. The van der Waals surface area contributed by atoms with Crippen LogP contribution in [0, 0.1) is 17.8 Å². The zero-order valence-corrected chi connectivity index (χ0v) is 12.0. The van der Waals surface area contributed by atoms with E-state index in [0.29, 0.717) is 5.92 Å². The maximum atomic E-state index is 12.3. The number of amides is 1. The Balaban J connectivity index is 1.98. The van der Waals surface area contributed by atoms with E-state index in [1.54, 1.807) is 0 Å². The van der Waals surface area contributed by atoms with Crippen molar-refractivity contribution in [3.8, 4) is 11.8 Å². The summed E-state index contributed by atoms with van der Waals surface area (Å²) in [5.74, 6) is 6.22. The van der Waals surface area contributed by atoms with Crippen LogP contribution in [0.5, 0.6) is 0 Å². The summed E-state index contributed by atoms with van der Waals surface area (Å²) in [7, 11) is 0. The highest BCUT2D eigenvalue weighted by atomic mass is 32.1. The highest BCUT2D eigenvalue weighted by molar-refractivity contribution is 7.10. The summed E-state index contributed by atoms with van der Waals surface area (Å²) < 4.78 is 0. The molecule has 1 fully saturated rings. The van der Waals surface area contributed by atoms with Gasteiger partial charge >= 0.3 is 0 Å². The molecule has 0 radical (unpaired) electrons. The van der Waals surface area contributed by atoms with Crippen molar-refractivity contribution >= 4 is 17.2 Å². The standard InChI is InChI=1S/C15H19NO2S/c1-2-4-12-6-7-16(10-12)15(18)13-9-14(19-11-13)5-3-8-17/h9,11-12,17H,2,4,6-8,10H2,1H3. The predicted molar refractivity (Wildman–Crippen MR) is 77.2 cm³/mol. The molecule has 0 aromatic carbocycles. The number of hydrogen-bond donors (Lipinski definition) is 1. The first-order valence-corrected chi connectivity index (χ1v) is 7.60. The van der Waals surface area contributed by atoms with Gasteiger partial charge in [0, 0.05) is 18.5 Å². The van der Waals surface area contributed by atoms with Gasteiger partial charge in [0.2, 0.25) is 0 Å². The number of thiophene rings is 1. The molecular weight excluding hydrogens is 258 g/mol. The molecule has 1 aromatic heterocycles. The third kappa shape index (κ3) is 3.59. The Labute approximate surface area is 118 Å². The largest absolute Gasteiger partial charge is 0.384 e. The molecule has 1 saturated heterocycles. The van der Waals surface area contributed by atoms with Gasteiger partial charge in [0.15, 0.2) is 0 Å². The molecule has 0 bridgehead atoms. The van der Waals surface area contributed by atoms with E-state index in [1.807, 2.05) is 16.3 Å². The SMILES string of the molecule is CCCC1CCN(C(=O)c2csc(C#CCO)c2)C1. The number of aliphatic hydroxyl groups excluding tert-OH is 1. The third-order valence-corrected chi connectivity index (χ3v) is 4.25. The quantitative estimate of drug-likeness (QED) is 0.862. The van der Waals surface area contributed by atoms with Crippen LogP contribution in [0.2, 0.25) is 0 Å². The number of aliphatic hydroxyl groups is 1. The van der Waals surface area contributed by atoms with Crippen molar-refractivity contribution in [2.75, 3.05) is 19.7 Å². The zero-order valence-electron chi connectivity index (χ0n) is 11.2. The van der Waals surface area contributed by atoms with E-state index < -0.39 is 0 Å². The Morgan fingerprint density at radius 3 is 3.21 bits per heavy atom. The van der Waals surface area contributed by atoms with Crippen LogP contribution >= 0.6 is 11.3 Å². The molecule has 19 heavy (non-hydrogen) atoms. The van der Waals surface area contributed by atoms with Gasteiger partial charge in [-0.2, -0.15) is 0 Å². The number of rotatable bonds is 3. The minimum atomic E-state index is -0.147. The lowest BCUT2D eigenvalue weighted by atomic mass is 10.0.